The second kappa shape index (κ2) is 5.01. The maximum Gasteiger partial charge on any atom is 0.313 e. The van der Waals surface area contributed by atoms with Crippen LogP contribution in [0.25, 0.3) is 0 Å². The van der Waals surface area contributed by atoms with Crippen LogP contribution in [0.1, 0.15) is 11.1 Å². The highest BCUT2D eigenvalue weighted by Crippen LogP contribution is 2.30. The largest absolute Gasteiger partial charge is 0.501 e. The molecule has 0 saturated heterocycles. The Balaban J connectivity index is 3.44. The van der Waals surface area contributed by atoms with Gasteiger partial charge in [-0.3, -0.25) is 10.1 Å². The number of benzene rings is 1. The molecule has 0 aliphatic heterocycles. The number of nitro groups is 1. The van der Waals surface area contributed by atoms with Gasteiger partial charge in [-0.1, -0.05) is 11.8 Å². The maximum atomic E-state index is 10.6. The number of phenolic OH excluding ortho intramolecular Hbond substituents is 1. The van der Waals surface area contributed by atoms with Crippen LogP contribution in [0, 0.1) is 33.3 Å². The van der Waals surface area contributed by atoms with Gasteiger partial charge in [-0.15, -0.1) is 11.6 Å². The standard InChI is InChI=1S/C10H5ClN2O3/c11-3-1-2-8-4-7(6-12)5-9(10(8)14)13(15)16/h4-5,14H,3H2. The molecule has 1 N–H and O–H groups in total. The molecule has 6 heteroatoms. The van der Waals surface area contributed by atoms with E-state index in [4.69, 9.17) is 16.9 Å². The molecule has 0 bridgehead atoms. The highest BCUT2D eigenvalue weighted by Gasteiger charge is 2.18. The van der Waals surface area contributed by atoms with E-state index in [1.54, 1.807) is 6.07 Å². The van der Waals surface area contributed by atoms with Crippen LogP contribution in [-0.2, 0) is 0 Å². The maximum absolute atomic E-state index is 10.6. The van der Waals surface area contributed by atoms with Crippen molar-refractivity contribution in [2.24, 2.45) is 0 Å². The lowest BCUT2D eigenvalue weighted by atomic mass is 10.1. The molecule has 0 amide bonds. The van der Waals surface area contributed by atoms with Gasteiger partial charge in [0.15, 0.2) is 0 Å². The van der Waals surface area contributed by atoms with Crippen molar-refractivity contribution in [1.29, 1.82) is 5.26 Å². The summed E-state index contributed by atoms with van der Waals surface area (Å²) in [7, 11) is 0. The van der Waals surface area contributed by atoms with Crippen molar-refractivity contribution in [3.05, 3.63) is 33.4 Å². The summed E-state index contributed by atoms with van der Waals surface area (Å²) in [5.41, 5.74) is -0.465. The van der Waals surface area contributed by atoms with Gasteiger partial charge in [-0.05, 0) is 6.07 Å². The first-order valence-electron chi connectivity index (χ1n) is 4.06. The van der Waals surface area contributed by atoms with Crippen LogP contribution in [0.2, 0.25) is 0 Å². The van der Waals surface area contributed by atoms with Gasteiger partial charge in [0.1, 0.15) is 0 Å². The van der Waals surface area contributed by atoms with Crippen molar-refractivity contribution in [3.63, 3.8) is 0 Å². The summed E-state index contributed by atoms with van der Waals surface area (Å²) in [4.78, 5) is 9.80. The number of nitro benzene ring substituents is 1. The topological polar surface area (TPSA) is 87.2 Å². The molecule has 1 aromatic carbocycles. The number of nitriles is 1. The van der Waals surface area contributed by atoms with Crippen LogP contribution < -0.4 is 0 Å². The Morgan fingerprint density at radius 3 is 2.75 bits per heavy atom. The number of alkyl halides is 1. The third-order valence-electron chi connectivity index (χ3n) is 1.71. The SMILES string of the molecule is N#Cc1cc(C#CCCl)c(O)c([N+](=O)[O-])c1. The number of nitrogens with zero attached hydrogens (tertiary/aromatic N) is 2. The molecule has 0 saturated carbocycles. The number of phenols is 1. The second-order valence-corrected chi connectivity index (χ2v) is 2.96. The van der Waals surface area contributed by atoms with Gasteiger partial charge in [0, 0.05) is 6.07 Å². The van der Waals surface area contributed by atoms with E-state index in [-0.39, 0.29) is 17.0 Å². The molecule has 16 heavy (non-hydrogen) atoms. The van der Waals surface area contributed by atoms with Gasteiger partial charge in [-0.2, -0.15) is 5.26 Å². The Labute approximate surface area is 96.0 Å². The van der Waals surface area contributed by atoms with E-state index in [0.717, 1.165) is 6.07 Å². The van der Waals surface area contributed by atoms with Crippen molar-refractivity contribution in [2.75, 3.05) is 5.88 Å². The van der Waals surface area contributed by atoms with E-state index in [1.807, 2.05) is 0 Å². The molecule has 1 rings (SSSR count). The first-order valence-corrected chi connectivity index (χ1v) is 4.60. The van der Waals surface area contributed by atoms with Gasteiger partial charge >= 0.3 is 5.69 Å². The Bertz CT molecular complexity index is 537. The van der Waals surface area contributed by atoms with Crippen molar-refractivity contribution >= 4 is 17.3 Å². The molecule has 0 aromatic heterocycles. The zero-order chi connectivity index (χ0) is 12.1. The van der Waals surface area contributed by atoms with Crippen molar-refractivity contribution in [1.82, 2.24) is 0 Å². The fraction of sp³-hybridized carbons (Fsp3) is 0.100. The van der Waals surface area contributed by atoms with Crippen molar-refractivity contribution in [3.8, 4) is 23.7 Å². The molecule has 0 radical (unpaired) electrons. The molecule has 0 atom stereocenters. The third-order valence-corrected chi connectivity index (χ3v) is 1.84. The minimum absolute atomic E-state index is 0.0198. The van der Waals surface area contributed by atoms with Crippen molar-refractivity contribution in [2.45, 2.75) is 0 Å². The molecule has 0 spiro atoms. The normalized spacial score (nSPS) is 8.75. The predicted octanol–water partition coefficient (Wildman–Crippen LogP) is 1.76. The number of aromatic hydroxyl groups is 1. The van der Waals surface area contributed by atoms with Gasteiger partial charge in [0.05, 0.1) is 28.0 Å². The van der Waals surface area contributed by atoms with E-state index in [1.165, 1.54) is 6.07 Å². The fourth-order valence-electron chi connectivity index (χ4n) is 1.05. The molecule has 5 nitrogen and oxygen atoms in total. The van der Waals surface area contributed by atoms with Crippen LogP contribution >= 0.6 is 11.6 Å². The first-order chi connectivity index (χ1) is 7.60. The first kappa shape index (κ1) is 11.8. The highest BCUT2D eigenvalue weighted by molar-refractivity contribution is 6.19. The fourth-order valence-corrected chi connectivity index (χ4v) is 1.11. The molecule has 0 fully saturated rings. The lowest BCUT2D eigenvalue weighted by Crippen LogP contribution is -1.92. The molecular weight excluding hydrogens is 232 g/mol. The minimum atomic E-state index is -0.776. The smallest absolute Gasteiger partial charge is 0.313 e. The van der Waals surface area contributed by atoms with Crippen LogP contribution in [0.15, 0.2) is 12.1 Å². The Morgan fingerprint density at radius 1 is 1.56 bits per heavy atom. The Kier molecular flexibility index (Phi) is 3.71. The molecule has 0 aliphatic rings. The summed E-state index contributed by atoms with van der Waals surface area (Å²) in [5, 5.41) is 28.7. The molecular formula is C10H5ClN2O3. The van der Waals surface area contributed by atoms with E-state index >= 15 is 0 Å². The van der Waals surface area contributed by atoms with E-state index in [9.17, 15) is 15.2 Å². The quantitative estimate of drug-likeness (QED) is 0.348. The molecule has 0 heterocycles. The summed E-state index contributed by atoms with van der Waals surface area (Å²) < 4.78 is 0. The average molecular weight is 237 g/mol. The molecule has 0 aliphatic carbocycles. The van der Waals surface area contributed by atoms with Gasteiger partial charge < -0.3 is 5.11 Å². The van der Waals surface area contributed by atoms with Gasteiger partial charge in [0.25, 0.3) is 0 Å². The number of halogens is 1. The van der Waals surface area contributed by atoms with Crippen LogP contribution in [0.3, 0.4) is 0 Å². The number of hydrogen-bond acceptors (Lipinski definition) is 4. The number of hydrogen-bond donors (Lipinski definition) is 1. The summed E-state index contributed by atoms with van der Waals surface area (Å²) in [6, 6.07) is 4.00. The second-order valence-electron chi connectivity index (χ2n) is 2.70. The lowest BCUT2D eigenvalue weighted by Gasteiger charge is -1.99. The monoisotopic (exact) mass is 236 g/mol. The Hall–Kier alpha value is -2.24. The summed E-state index contributed by atoms with van der Waals surface area (Å²) in [5.74, 6) is 4.37. The Morgan fingerprint density at radius 2 is 2.25 bits per heavy atom. The molecule has 1 aromatic rings. The summed E-state index contributed by atoms with van der Waals surface area (Å²) >= 11 is 5.33. The summed E-state index contributed by atoms with van der Waals surface area (Å²) in [6.07, 6.45) is 0. The predicted molar refractivity (Wildman–Crippen MR) is 57.1 cm³/mol. The minimum Gasteiger partial charge on any atom is -0.501 e. The van der Waals surface area contributed by atoms with E-state index in [0.29, 0.717) is 0 Å². The summed E-state index contributed by atoms with van der Waals surface area (Å²) in [6.45, 7) is 0. The highest BCUT2D eigenvalue weighted by atomic mass is 35.5. The molecule has 80 valence electrons. The van der Waals surface area contributed by atoms with E-state index < -0.39 is 16.4 Å². The van der Waals surface area contributed by atoms with Crippen LogP contribution in [-0.4, -0.2) is 15.9 Å². The van der Waals surface area contributed by atoms with Gasteiger partial charge in [0.2, 0.25) is 5.75 Å². The van der Waals surface area contributed by atoms with E-state index in [2.05, 4.69) is 11.8 Å². The van der Waals surface area contributed by atoms with Crippen LogP contribution in [0.4, 0.5) is 5.69 Å². The average Bonchev–Trinajstić information content (AvgIpc) is 2.27. The van der Waals surface area contributed by atoms with Crippen LogP contribution in [0.5, 0.6) is 5.75 Å². The third kappa shape index (κ3) is 2.41. The van der Waals surface area contributed by atoms with Crippen molar-refractivity contribution < 1.29 is 10.0 Å². The zero-order valence-electron chi connectivity index (χ0n) is 7.90. The van der Waals surface area contributed by atoms with Gasteiger partial charge in [-0.25, -0.2) is 0 Å². The zero-order valence-corrected chi connectivity index (χ0v) is 8.65. The lowest BCUT2D eigenvalue weighted by molar-refractivity contribution is -0.385. The molecule has 0 unspecified atom stereocenters. The number of rotatable bonds is 1.